The summed E-state index contributed by atoms with van der Waals surface area (Å²) < 4.78 is 16.7. The van der Waals surface area contributed by atoms with Crippen LogP contribution in [0.4, 0.5) is 0 Å². The molecule has 0 saturated carbocycles. The van der Waals surface area contributed by atoms with Gasteiger partial charge in [-0.3, -0.25) is 0 Å². The minimum Gasteiger partial charge on any atom is -0.457 e. The number of esters is 1. The molecule has 0 amide bonds. The predicted octanol–water partition coefficient (Wildman–Crippen LogP) is 5.56. The molecule has 5 nitrogen and oxygen atoms in total. The van der Waals surface area contributed by atoms with Gasteiger partial charge in [0.05, 0.1) is 0 Å². The summed E-state index contributed by atoms with van der Waals surface area (Å²) >= 11 is 0. The molecule has 4 aromatic rings. The number of rotatable bonds is 5. The fourth-order valence-electron chi connectivity index (χ4n) is 3.16. The van der Waals surface area contributed by atoms with E-state index in [0.29, 0.717) is 28.2 Å². The van der Waals surface area contributed by atoms with Crippen molar-refractivity contribution in [1.82, 2.24) is 0 Å². The molecule has 150 valence electrons. The summed E-state index contributed by atoms with van der Waals surface area (Å²) in [5, 5.41) is 0.749. The van der Waals surface area contributed by atoms with E-state index in [1.807, 2.05) is 56.3 Å². The summed E-state index contributed by atoms with van der Waals surface area (Å²) in [6.07, 6.45) is 0. The molecular weight excluding hydrogens is 380 g/mol. The minimum atomic E-state index is -0.535. The van der Waals surface area contributed by atoms with Crippen LogP contribution in [0.15, 0.2) is 82.0 Å². The van der Waals surface area contributed by atoms with Crippen molar-refractivity contribution in [2.75, 3.05) is 0 Å². The number of hydrogen-bond donors (Lipinski definition) is 0. The highest BCUT2D eigenvalue weighted by atomic mass is 16.5. The SMILES string of the molecule is Cc1cc2oc(=O)cc(COC(=O)c3ccccc3Oc3ccccc3)c2cc1C. The largest absolute Gasteiger partial charge is 0.457 e. The molecule has 0 aliphatic heterocycles. The second-order valence-electron chi connectivity index (χ2n) is 7.01. The van der Waals surface area contributed by atoms with Gasteiger partial charge in [0.15, 0.2) is 0 Å². The summed E-state index contributed by atoms with van der Waals surface area (Å²) in [7, 11) is 0. The van der Waals surface area contributed by atoms with Crippen LogP contribution in [-0.4, -0.2) is 5.97 Å². The van der Waals surface area contributed by atoms with Crippen molar-refractivity contribution < 1.29 is 18.7 Å². The van der Waals surface area contributed by atoms with Crippen molar-refractivity contribution in [3.8, 4) is 11.5 Å². The average Bonchev–Trinajstić information content (AvgIpc) is 2.74. The normalized spacial score (nSPS) is 10.7. The number of ether oxygens (including phenoxy) is 2. The molecule has 0 atom stereocenters. The summed E-state index contributed by atoms with van der Waals surface area (Å²) in [6.45, 7) is 3.88. The Hall–Kier alpha value is -3.86. The molecule has 0 spiro atoms. The first-order chi connectivity index (χ1) is 14.5. The van der Waals surface area contributed by atoms with Gasteiger partial charge in [-0.15, -0.1) is 0 Å². The van der Waals surface area contributed by atoms with E-state index in [9.17, 15) is 9.59 Å². The Morgan fingerprint density at radius 2 is 1.60 bits per heavy atom. The van der Waals surface area contributed by atoms with Crippen LogP contribution in [0.3, 0.4) is 0 Å². The molecule has 1 heterocycles. The molecule has 3 aromatic carbocycles. The third-order valence-electron chi connectivity index (χ3n) is 4.88. The van der Waals surface area contributed by atoms with Crippen LogP contribution >= 0.6 is 0 Å². The molecule has 0 aliphatic carbocycles. The van der Waals surface area contributed by atoms with E-state index in [-0.39, 0.29) is 6.61 Å². The Morgan fingerprint density at radius 3 is 2.40 bits per heavy atom. The van der Waals surface area contributed by atoms with Gasteiger partial charge in [0, 0.05) is 17.0 Å². The standard InChI is InChI=1S/C25H20O5/c1-16-12-21-18(14-24(26)30-23(21)13-17(16)2)15-28-25(27)20-10-6-7-11-22(20)29-19-8-4-3-5-9-19/h3-14H,15H2,1-2H3. The van der Waals surface area contributed by atoms with E-state index in [0.717, 1.165) is 16.5 Å². The molecule has 0 N–H and O–H groups in total. The summed E-state index contributed by atoms with van der Waals surface area (Å²) in [5.74, 6) is 0.486. The molecule has 5 heteroatoms. The van der Waals surface area contributed by atoms with Crippen molar-refractivity contribution in [2.24, 2.45) is 0 Å². The van der Waals surface area contributed by atoms with Crippen LogP contribution in [0, 0.1) is 13.8 Å². The van der Waals surface area contributed by atoms with Crippen molar-refractivity contribution in [2.45, 2.75) is 20.5 Å². The van der Waals surface area contributed by atoms with Crippen LogP contribution < -0.4 is 10.4 Å². The van der Waals surface area contributed by atoms with Crippen LogP contribution in [-0.2, 0) is 11.3 Å². The van der Waals surface area contributed by atoms with Crippen LogP contribution in [0.25, 0.3) is 11.0 Å². The molecule has 0 unspecified atom stereocenters. The van der Waals surface area contributed by atoms with E-state index in [1.54, 1.807) is 24.3 Å². The van der Waals surface area contributed by atoms with E-state index in [2.05, 4.69) is 0 Å². The van der Waals surface area contributed by atoms with Crippen molar-refractivity contribution >= 4 is 16.9 Å². The van der Waals surface area contributed by atoms with Gasteiger partial charge in [0.25, 0.3) is 0 Å². The second-order valence-corrected chi connectivity index (χ2v) is 7.01. The molecule has 30 heavy (non-hydrogen) atoms. The average molecular weight is 400 g/mol. The maximum Gasteiger partial charge on any atom is 0.342 e. The third kappa shape index (κ3) is 4.10. The lowest BCUT2D eigenvalue weighted by atomic mass is 10.0. The van der Waals surface area contributed by atoms with Gasteiger partial charge in [-0.1, -0.05) is 30.3 Å². The van der Waals surface area contributed by atoms with Gasteiger partial charge in [0.1, 0.15) is 29.3 Å². The molecule has 1 aromatic heterocycles. The lowest BCUT2D eigenvalue weighted by Crippen LogP contribution is -2.09. The van der Waals surface area contributed by atoms with Crippen molar-refractivity contribution in [3.05, 3.63) is 105 Å². The Kier molecular flexibility index (Phi) is 5.35. The van der Waals surface area contributed by atoms with Crippen LogP contribution in [0.1, 0.15) is 27.0 Å². The highest BCUT2D eigenvalue weighted by molar-refractivity contribution is 5.92. The van der Waals surface area contributed by atoms with Gasteiger partial charge in [0.2, 0.25) is 0 Å². The number of hydrogen-bond acceptors (Lipinski definition) is 5. The quantitative estimate of drug-likeness (QED) is 0.324. The maximum atomic E-state index is 12.8. The number of aryl methyl sites for hydroxylation is 2. The molecule has 0 radical (unpaired) electrons. The zero-order chi connectivity index (χ0) is 21.1. The predicted molar refractivity (Wildman–Crippen MR) is 114 cm³/mol. The molecular formula is C25H20O5. The van der Waals surface area contributed by atoms with Gasteiger partial charge in [-0.2, -0.15) is 0 Å². The molecule has 4 rings (SSSR count). The Labute approximate surface area is 173 Å². The number of benzene rings is 3. The first kappa shape index (κ1) is 19.5. The smallest absolute Gasteiger partial charge is 0.342 e. The number of fused-ring (bicyclic) bond motifs is 1. The summed E-state index contributed by atoms with van der Waals surface area (Å²) in [5.41, 5.74) is 2.98. The van der Waals surface area contributed by atoms with Crippen LogP contribution in [0.2, 0.25) is 0 Å². The van der Waals surface area contributed by atoms with Gasteiger partial charge in [-0.05, 0) is 61.4 Å². The fourth-order valence-corrected chi connectivity index (χ4v) is 3.16. The van der Waals surface area contributed by atoms with E-state index in [1.165, 1.54) is 6.07 Å². The van der Waals surface area contributed by atoms with Gasteiger partial charge >= 0.3 is 11.6 Å². The third-order valence-corrected chi connectivity index (χ3v) is 4.88. The van der Waals surface area contributed by atoms with E-state index < -0.39 is 11.6 Å². The molecule has 0 aliphatic rings. The van der Waals surface area contributed by atoms with Crippen molar-refractivity contribution in [3.63, 3.8) is 0 Å². The lowest BCUT2D eigenvalue weighted by molar-refractivity contribution is 0.0471. The molecule has 0 fully saturated rings. The molecule has 0 saturated heterocycles. The summed E-state index contributed by atoms with van der Waals surface area (Å²) in [4.78, 5) is 24.7. The first-order valence-corrected chi connectivity index (χ1v) is 9.54. The highest BCUT2D eigenvalue weighted by Crippen LogP contribution is 2.27. The van der Waals surface area contributed by atoms with Crippen molar-refractivity contribution in [1.29, 1.82) is 0 Å². The number of carbonyl (C=O) groups is 1. The topological polar surface area (TPSA) is 65.7 Å². The number of para-hydroxylation sites is 2. The zero-order valence-corrected chi connectivity index (χ0v) is 16.7. The van der Waals surface area contributed by atoms with Crippen LogP contribution in [0.5, 0.6) is 11.5 Å². The highest BCUT2D eigenvalue weighted by Gasteiger charge is 2.16. The Balaban J connectivity index is 1.59. The Morgan fingerprint density at radius 1 is 0.900 bits per heavy atom. The lowest BCUT2D eigenvalue weighted by Gasteiger charge is -2.12. The first-order valence-electron chi connectivity index (χ1n) is 9.54. The zero-order valence-electron chi connectivity index (χ0n) is 16.7. The van der Waals surface area contributed by atoms with E-state index in [4.69, 9.17) is 13.9 Å². The maximum absolute atomic E-state index is 12.8. The second kappa shape index (κ2) is 8.25. The number of carbonyl (C=O) groups excluding carboxylic acids is 1. The van der Waals surface area contributed by atoms with E-state index >= 15 is 0 Å². The summed E-state index contributed by atoms with van der Waals surface area (Å²) in [6, 6.07) is 21.2. The minimum absolute atomic E-state index is 0.0525. The van der Waals surface area contributed by atoms with Gasteiger partial charge in [-0.25, -0.2) is 9.59 Å². The fraction of sp³-hybridized carbons (Fsp3) is 0.120. The Bertz CT molecular complexity index is 1270. The van der Waals surface area contributed by atoms with Gasteiger partial charge < -0.3 is 13.9 Å². The molecule has 0 bridgehead atoms. The monoisotopic (exact) mass is 400 g/mol.